The molecule has 0 amide bonds. The standard InChI is InChI=1S/C14H15F2N3O2/c1-20-11(9-7-14(15,16)8-9)12-18-13(19-21-12)17-10-5-3-2-4-6-10/h2-6,9,11H,7-8H2,1H3,(H,17,19). The van der Waals surface area contributed by atoms with E-state index in [1.54, 1.807) is 0 Å². The molecule has 2 aromatic rings. The summed E-state index contributed by atoms with van der Waals surface area (Å²) in [6.45, 7) is 0. The van der Waals surface area contributed by atoms with Crippen LogP contribution < -0.4 is 5.32 Å². The van der Waals surface area contributed by atoms with Crippen molar-refractivity contribution in [1.29, 1.82) is 0 Å². The minimum Gasteiger partial charge on any atom is -0.371 e. The topological polar surface area (TPSA) is 60.2 Å². The SMILES string of the molecule is COC(c1nc(Nc2ccccc2)no1)C1CC(F)(F)C1. The number of para-hydroxylation sites is 1. The summed E-state index contributed by atoms with van der Waals surface area (Å²) in [5.74, 6) is -2.40. The van der Waals surface area contributed by atoms with Crippen molar-refractivity contribution in [3.63, 3.8) is 0 Å². The maximum atomic E-state index is 13.0. The van der Waals surface area contributed by atoms with E-state index in [1.807, 2.05) is 30.3 Å². The third-order valence-electron chi connectivity index (χ3n) is 3.52. The zero-order chi connectivity index (χ0) is 14.9. The summed E-state index contributed by atoms with van der Waals surface area (Å²) in [6.07, 6.45) is -1.02. The Morgan fingerprint density at radius 3 is 2.67 bits per heavy atom. The molecule has 1 aromatic carbocycles. The summed E-state index contributed by atoms with van der Waals surface area (Å²) in [5.41, 5.74) is 0.814. The molecule has 112 valence electrons. The Morgan fingerprint density at radius 2 is 2.05 bits per heavy atom. The van der Waals surface area contributed by atoms with Crippen molar-refractivity contribution in [1.82, 2.24) is 10.1 Å². The van der Waals surface area contributed by atoms with Crippen LogP contribution in [0, 0.1) is 5.92 Å². The van der Waals surface area contributed by atoms with Crippen molar-refractivity contribution in [2.75, 3.05) is 12.4 Å². The zero-order valence-corrected chi connectivity index (χ0v) is 11.4. The first-order chi connectivity index (χ1) is 10.1. The highest BCUT2D eigenvalue weighted by atomic mass is 19.3. The fourth-order valence-corrected chi connectivity index (χ4v) is 2.47. The van der Waals surface area contributed by atoms with Crippen molar-refractivity contribution < 1.29 is 18.0 Å². The third kappa shape index (κ3) is 3.02. The average Bonchev–Trinajstić information content (AvgIpc) is 2.87. The molecule has 0 radical (unpaired) electrons. The predicted molar refractivity (Wildman–Crippen MR) is 71.4 cm³/mol. The molecule has 1 aromatic heterocycles. The molecule has 21 heavy (non-hydrogen) atoms. The highest BCUT2D eigenvalue weighted by Gasteiger charge is 2.50. The van der Waals surface area contributed by atoms with E-state index in [1.165, 1.54) is 7.11 Å². The van der Waals surface area contributed by atoms with Gasteiger partial charge in [-0.3, -0.25) is 0 Å². The second-order valence-electron chi connectivity index (χ2n) is 5.13. The quantitative estimate of drug-likeness (QED) is 0.914. The van der Waals surface area contributed by atoms with Gasteiger partial charge in [-0.2, -0.15) is 4.98 Å². The van der Waals surface area contributed by atoms with Gasteiger partial charge in [0.25, 0.3) is 11.8 Å². The number of nitrogens with one attached hydrogen (secondary N) is 1. The first kappa shape index (κ1) is 13.9. The molecule has 3 rings (SSSR count). The normalized spacial score (nSPS) is 19.0. The van der Waals surface area contributed by atoms with Crippen LogP contribution in [0.4, 0.5) is 20.4 Å². The molecule has 0 aliphatic heterocycles. The minimum absolute atomic E-state index is 0.213. The van der Waals surface area contributed by atoms with E-state index in [-0.39, 0.29) is 30.6 Å². The van der Waals surface area contributed by atoms with Crippen molar-refractivity contribution in [3.8, 4) is 0 Å². The van der Waals surface area contributed by atoms with E-state index in [9.17, 15) is 8.78 Å². The second kappa shape index (κ2) is 5.40. The Kier molecular flexibility index (Phi) is 3.59. The molecule has 1 aliphatic rings. The van der Waals surface area contributed by atoms with Crippen molar-refractivity contribution in [2.45, 2.75) is 24.9 Å². The van der Waals surface area contributed by atoms with Gasteiger partial charge in [0.05, 0.1) is 0 Å². The lowest BCUT2D eigenvalue weighted by Gasteiger charge is -2.37. The van der Waals surface area contributed by atoms with Crippen LogP contribution in [-0.4, -0.2) is 23.2 Å². The number of ether oxygens (including phenoxy) is 1. The van der Waals surface area contributed by atoms with Gasteiger partial charge in [0.15, 0.2) is 0 Å². The first-order valence-electron chi connectivity index (χ1n) is 6.64. The largest absolute Gasteiger partial charge is 0.371 e. The summed E-state index contributed by atoms with van der Waals surface area (Å²) >= 11 is 0. The number of benzene rings is 1. The molecule has 1 heterocycles. The molecule has 5 nitrogen and oxygen atoms in total. The molecule has 1 unspecified atom stereocenters. The van der Waals surface area contributed by atoms with Crippen molar-refractivity contribution in [3.05, 3.63) is 36.2 Å². The van der Waals surface area contributed by atoms with Crippen molar-refractivity contribution in [2.24, 2.45) is 5.92 Å². The van der Waals surface area contributed by atoms with Crippen LogP contribution in [0.2, 0.25) is 0 Å². The number of halogens is 2. The number of anilines is 2. The van der Waals surface area contributed by atoms with Gasteiger partial charge in [-0.25, -0.2) is 8.78 Å². The molecule has 1 N–H and O–H groups in total. The van der Waals surface area contributed by atoms with Crippen molar-refractivity contribution >= 4 is 11.6 Å². The van der Waals surface area contributed by atoms with Crippen LogP contribution in [0.15, 0.2) is 34.9 Å². The number of aromatic nitrogens is 2. The Hall–Kier alpha value is -2.02. The van der Waals surface area contributed by atoms with E-state index < -0.39 is 12.0 Å². The summed E-state index contributed by atoms with van der Waals surface area (Å²) in [6, 6.07) is 9.35. The van der Waals surface area contributed by atoms with E-state index in [0.29, 0.717) is 0 Å². The van der Waals surface area contributed by atoms with Gasteiger partial charge in [-0.1, -0.05) is 18.2 Å². The molecule has 1 saturated carbocycles. The Bertz CT molecular complexity index is 595. The highest BCUT2D eigenvalue weighted by molar-refractivity contribution is 5.52. The van der Waals surface area contributed by atoms with Gasteiger partial charge in [-0.05, 0) is 17.3 Å². The fourth-order valence-electron chi connectivity index (χ4n) is 2.47. The third-order valence-corrected chi connectivity index (χ3v) is 3.52. The molecular formula is C14H15F2N3O2. The van der Waals surface area contributed by atoms with Crippen LogP contribution in [0.3, 0.4) is 0 Å². The lowest BCUT2D eigenvalue weighted by Crippen LogP contribution is -2.39. The summed E-state index contributed by atoms with van der Waals surface area (Å²) < 4.78 is 36.3. The Balaban J connectivity index is 1.69. The smallest absolute Gasteiger partial charge is 0.267 e. The monoisotopic (exact) mass is 295 g/mol. The maximum Gasteiger partial charge on any atom is 0.267 e. The molecule has 7 heteroatoms. The van der Waals surface area contributed by atoms with Gasteiger partial charge in [0, 0.05) is 31.6 Å². The van der Waals surface area contributed by atoms with Crippen LogP contribution in [0.1, 0.15) is 24.8 Å². The first-order valence-corrected chi connectivity index (χ1v) is 6.64. The molecule has 0 bridgehead atoms. The average molecular weight is 295 g/mol. The van der Waals surface area contributed by atoms with Gasteiger partial charge >= 0.3 is 0 Å². The molecule has 0 saturated heterocycles. The van der Waals surface area contributed by atoms with Crippen LogP contribution in [0.5, 0.6) is 0 Å². The summed E-state index contributed by atoms with van der Waals surface area (Å²) in [4.78, 5) is 4.17. The lowest BCUT2D eigenvalue weighted by atomic mass is 9.77. The van der Waals surface area contributed by atoms with Gasteiger partial charge < -0.3 is 14.6 Å². The van der Waals surface area contributed by atoms with E-state index in [0.717, 1.165) is 5.69 Å². The molecule has 1 aliphatic carbocycles. The van der Waals surface area contributed by atoms with Gasteiger partial charge in [0.1, 0.15) is 6.10 Å². The van der Waals surface area contributed by atoms with E-state index >= 15 is 0 Å². The van der Waals surface area contributed by atoms with Crippen LogP contribution >= 0.6 is 0 Å². The maximum absolute atomic E-state index is 13.0. The van der Waals surface area contributed by atoms with Crippen LogP contribution in [-0.2, 0) is 4.74 Å². The molecule has 1 atom stereocenters. The molecule has 1 fully saturated rings. The fraction of sp³-hybridized carbons (Fsp3) is 0.429. The number of methoxy groups -OCH3 is 1. The Morgan fingerprint density at radius 1 is 1.33 bits per heavy atom. The summed E-state index contributed by atoms with van der Waals surface area (Å²) in [7, 11) is 1.45. The number of rotatable bonds is 5. The number of nitrogens with zero attached hydrogens (tertiary/aromatic N) is 2. The van der Waals surface area contributed by atoms with E-state index in [4.69, 9.17) is 9.26 Å². The zero-order valence-electron chi connectivity index (χ0n) is 11.4. The summed E-state index contributed by atoms with van der Waals surface area (Å²) in [5, 5.41) is 6.77. The number of alkyl halides is 2. The Labute approximate surface area is 120 Å². The molecule has 0 spiro atoms. The lowest BCUT2D eigenvalue weighted by molar-refractivity contribution is -0.153. The highest BCUT2D eigenvalue weighted by Crippen LogP contribution is 2.49. The van der Waals surface area contributed by atoms with Gasteiger partial charge in [-0.15, -0.1) is 0 Å². The number of hydrogen-bond acceptors (Lipinski definition) is 5. The predicted octanol–water partition coefficient (Wildman–Crippen LogP) is 3.55. The second-order valence-corrected chi connectivity index (χ2v) is 5.13. The van der Waals surface area contributed by atoms with Gasteiger partial charge in [0.2, 0.25) is 5.92 Å². The minimum atomic E-state index is -2.60. The van der Waals surface area contributed by atoms with E-state index in [2.05, 4.69) is 15.5 Å². The van der Waals surface area contributed by atoms with Crippen LogP contribution in [0.25, 0.3) is 0 Å². The molecular weight excluding hydrogens is 280 g/mol. The number of hydrogen-bond donors (Lipinski definition) is 1.